The van der Waals surface area contributed by atoms with E-state index in [1.807, 2.05) is 11.9 Å². The number of imide groups is 1. The second-order valence-corrected chi connectivity index (χ2v) is 4.76. The number of nitrogens with two attached hydrogens (primary N) is 2. The van der Waals surface area contributed by atoms with Crippen molar-refractivity contribution in [2.24, 2.45) is 11.5 Å². The number of urea groups is 1. The Morgan fingerprint density at radius 2 is 1.82 bits per heavy atom. The molecule has 6 nitrogen and oxygen atoms in total. The van der Waals surface area contributed by atoms with Crippen molar-refractivity contribution in [3.63, 3.8) is 0 Å². The van der Waals surface area contributed by atoms with Crippen LogP contribution in [0.1, 0.15) is 32.6 Å². The Labute approximate surface area is 102 Å². The van der Waals surface area contributed by atoms with Crippen LogP contribution in [0, 0.1) is 0 Å². The summed E-state index contributed by atoms with van der Waals surface area (Å²) < 4.78 is 0. The first-order valence-electron chi connectivity index (χ1n) is 5.99. The fourth-order valence-corrected chi connectivity index (χ4v) is 2.24. The molecule has 1 saturated carbocycles. The minimum Gasteiger partial charge on any atom is -0.351 e. The van der Waals surface area contributed by atoms with Crippen LogP contribution in [0.15, 0.2) is 0 Å². The van der Waals surface area contributed by atoms with Crippen LogP contribution in [0.2, 0.25) is 0 Å². The lowest BCUT2D eigenvalue weighted by molar-refractivity contribution is -0.125. The third kappa shape index (κ3) is 3.98. The lowest BCUT2D eigenvalue weighted by atomic mass is 9.90. The summed E-state index contributed by atoms with van der Waals surface area (Å²) in [7, 11) is 1.90. The first kappa shape index (κ1) is 13.9. The Bertz CT molecular complexity index is 287. The second kappa shape index (κ2) is 5.97. The highest BCUT2D eigenvalue weighted by molar-refractivity contribution is 5.96. The molecule has 1 rings (SSSR count). The van der Waals surface area contributed by atoms with Crippen LogP contribution < -0.4 is 16.8 Å². The molecule has 1 aliphatic rings. The fraction of sp³-hybridized carbons (Fsp3) is 0.818. The Morgan fingerprint density at radius 1 is 1.29 bits per heavy atom. The Morgan fingerprint density at radius 3 is 2.29 bits per heavy atom. The number of carbonyl (C=O) groups excluding carboxylic acids is 2. The molecule has 5 N–H and O–H groups in total. The monoisotopic (exact) mass is 242 g/mol. The van der Waals surface area contributed by atoms with E-state index in [9.17, 15) is 9.59 Å². The lowest BCUT2D eigenvalue weighted by Gasteiger charge is -2.36. The minimum absolute atomic E-state index is 0.286. The molecule has 3 amide bonds. The molecule has 1 fully saturated rings. The van der Waals surface area contributed by atoms with Crippen LogP contribution in [-0.2, 0) is 4.79 Å². The van der Waals surface area contributed by atoms with Crippen molar-refractivity contribution in [3.05, 3.63) is 0 Å². The van der Waals surface area contributed by atoms with Crippen molar-refractivity contribution in [2.75, 3.05) is 7.05 Å². The van der Waals surface area contributed by atoms with Gasteiger partial charge in [0.25, 0.3) is 0 Å². The standard InChI is InChI=1S/C11H22N4O2/c1-7(10(16)14-11(13)17)15(2)9-5-3-8(12)4-6-9/h7-9H,3-6,12H2,1-2H3,(H3,13,14,16,17). The van der Waals surface area contributed by atoms with Crippen LogP contribution in [0.5, 0.6) is 0 Å². The molecule has 17 heavy (non-hydrogen) atoms. The quantitative estimate of drug-likeness (QED) is 0.636. The molecule has 6 heteroatoms. The third-order valence-corrected chi connectivity index (χ3v) is 3.55. The number of amides is 3. The number of hydrogen-bond acceptors (Lipinski definition) is 4. The van der Waals surface area contributed by atoms with Gasteiger partial charge in [-0.3, -0.25) is 15.0 Å². The molecule has 0 heterocycles. The largest absolute Gasteiger partial charge is 0.351 e. The zero-order chi connectivity index (χ0) is 13.0. The minimum atomic E-state index is -0.805. The van der Waals surface area contributed by atoms with Crippen molar-refractivity contribution < 1.29 is 9.59 Å². The van der Waals surface area contributed by atoms with Crippen molar-refractivity contribution >= 4 is 11.9 Å². The topological polar surface area (TPSA) is 101 Å². The van der Waals surface area contributed by atoms with Gasteiger partial charge in [-0.1, -0.05) is 0 Å². The molecular weight excluding hydrogens is 220 g/mol. The second-order valence-electron chi connectivity index (χ2n) is 4.76. The summed E-state index contributed by atoms with van der Waals surface area (Å²) in [6, 6.07) is -0.527. The summed E-state index contributed by atoms with van der Waals surface area (Å²) in [4.78, 5) is 24.2. The smallest absolute Gasteiger partial charge is 0.318 e. The number of likely N-dealkylation sites (N-methyl/N-ethyl adjacent to an activating group) is 1. The van der Waals surface area contributed by atoms with Crippen molar-refractivity contribution in [1.29, 1.82) is 0 Å². The predicted octanol–water partition coefficient (Wildman–Crippen LogP) is -0.228. The highest BCUT2D eigenvalue weighted by Crippen LogP contribution is 2.22. The summed E-state index contributed by atoms with van der Waals surface area (Å²) in [5.41, 5.74) is 10.8. The number of rotatable bonds is 3. The van der Waals surface area contributed by atoms with Gasteiger partial charge >= 0.3 is 6.03 Å². The average molecular weight is 242 g/mol. The molecular formula is C11H22N4O2. The van der Waals surface area contributed by atoms with Gasteiger partial charge in [-0.2, -0.15) is 0 Å². The van der Waals surface area contributed by atoms with Crippen molar-refractivity contribution in [1.82, 2.24) is 10.2 Å². The number of carbonyl (C=O) groups is 2. The SMILES string of the molecule is CC(C(=O)NC(N)=O)N(C)C1CCC(N)CC1. The maximum Gasteiger partial charge on any atom is 0.318 e. The van der Waals surface area contributed by atoms with Crippen molar-refractivity contribution in [3.8, 4) is 0 Å². The van der Waals surface area contributed by atoms with Gasteiger partial charge in [0.15, 0.2) is 0 Å². The molecule has 1 unspecified atom stereocenters. The maximum atomic E-state index is 11.6. The van der Waals surface area contributed by atoms with Crippen LogP contribution in [0.4, 0.5) is 4.79 Å². The molecule has 0 saturated heterocycles. The maximum absolute atomic E-state index is 11.6. The highest BCUT2D eigenvalue weighted by atomic mass is 16.2. The van der Waals surface area contributed by atoms with E-state index in [-0.39, 0.29) is 18.0 Å². The molecule has 0 aromatic carbocycles. The number of nitrogens with one attached hydrogen (secondary N) is 1. The van der Waals surface area contributed by atoms with E-state index in [0.717, 1.165) is 25.7 Å². The van der Waals surface area contributed by atoms with Crippen LogP contribution in [0.3, 0.4) is 0 Å². The summed E-state index contributed by atoms with van der Waals surface area (Å²) in [6.07, 6.45) is 3.95. The first-order chi connectivity index (χ1) is 7.91. The zero-order valence-electron chi connectivity index (χ0n) is 10.5. The average Bonchev–Trinajstić information content (AvgIpc) is 2.27. The molecule has 0 aromatic rings. The van der Waals surface area contributed by atoms with Gasteiger partial charge < -0.3 is 11.5 Å². The van der Waals surface area contributed by atoms with Gasteiger partial charge in [0.2, 0.25) is 5.91 Å². The van der Waals surface area contributed by atoms with E-state index < -0.39 is 6.03 Å². The molecule has 0 aliphatic heterocycles. The molecule has 0 bridgehead atoms. The van der Waals surface area contributed by atoms with Crippen LogP contribution in [0.25, 0.3) is 0 Å². The summed E-state index contributed by atoms with van der Waals surface area (Å²) in [5, 5.41) is 2.10. The van der Waals surface area contributed by atoms with Gasteiger partial charge in [0.1, 0.15) is 0 Å². The van der Waals surface area contributed by atoms with E-state index in [2.05, 4.69) is 5.32 Å². The lowest BCUT2D eigenvalue weighted by Crippen LogP contribution is -2.51. The normalized spacial score (nSPS) is 26.6. The first-order valence-corrected chi connectivity index (χ1v) is 5.99. The molecule has 0 radical (unpaired) electrons. The summed E-state index contributed by atoms with van der Waals surface area (Å²) >= 11 is 0. The van der Waals surface area contributed by atoms with Gasteiger partial charge in [-0.05, 0) is 39.7 Å². The van der Waals surface area contributed by atoms with E-state index in [1.54, 1.807) is 6.92 Å². The number of hydrogen-bond donors (Lipinski definition) is 3. The Kier molecular flexibility index (Phi) is 4.89. The highest BCUT2D eigenvalue weighted by Gasteiger charge is 2.28. The molecule has 0 aromatic heterocycles. The fourth-order valence-electron chi connectivity index (χ4n) is 2.24. The van der Waals surface area contributed by atoms with Crippen LogP contribution in [-0.4, -0.2) is 42.0 Å². The van der Waals surface area contributed by atoms with E-state index >= 15 is 0 Å². The van der Waals surface area contributed by atoms with Gasteiger partial charge in [0, 0.05) is 12.1 Å². The number of primary amides is 1. The Balaban J connectivity index is 2.48. The molecule has 1 atom stereocenters. The van der Waals surface area contributed by atoms with Gasteiger partial charge in [-0.15, -0.1) is 0 Å². The van der Waals surface area contributed by atoms with E-state index in [4.69, 9.17) is 11.5 Å². The number of nitrogens with zero attached hydrogens (tertiary/aromatic N) is 1. The zero-order valence-corrected chi connectivity index (χ0v) is 10.5. The van der Waals surface area contributed by atoms with Gasteiger partial charge in [-0.25, -0.2) is 4.79 Å². The third-order valence-electron chi connectivity index (χ3n) is 3.55. The molecule has 1 aliphatic carbocycles. The summed E-state index contributed by atoms with van der Waals surface area (Å²) in [5.74, 6) is -0.352. The molecule has 0 spiro atoms. The molecule has 98 valence electrons. The van der Waals surface area contributed by atoms with E-state index in [0.29, 0.717) is 6.04 Å². The summed E-state index contributed by atoms with van der Waals surface area (Å²) in [6.45, 7) is 1.77. The van der Waals surface area contributed by atoms with Crippen LogP contribution >= 0.6 is 0 Å². The Hall–Kier alpha value is -1.14. The van der Waals surface area contributed by atoms with Crippen molar-refractivity contribution in [2.45, 2.75) is 50.7 Å². The predicted molar refractivity (Wildman–Crippen MR) is 65.2 cm³/mol. The van der Waals surface area contributed by atoms with E-state index in [1.165, 1.54) is 0 Å². The van der Waals surface area contributed by atoms with Gasteiger partial charge in [0.05, 0.1) is 6.04 Å².